The van der Waals surface area contributed by atoms with Crippen molar-refractivity contribution in [3.05, 3.63) is 11.0 Å². The zero-order valence-corrected chi connectivity index (χ0v) is 21.2. The number of carbonyl (C=O) groups excluding carboxylic acids is 1. The van der Waals surface area contributed by atoms with Crippen LogP contribution in [-0.4, -0.2) is 72.8 Å². The lowest BCUT2D eigenvalue weighted by Crippen LogP contribution is -2.65. The third-order valence-electron chi connectivity index (χ3n) is 6.56. The Morgan fingerprint density at radius 3 is 2.68 bits per heavy atom. The SMILES string of the molecule is CC[C@@H]1Oc2nc(Cl)c(F)c3nc(S(C)=O)nc(c23)N2C[C@H]3CC[C@@H]([C@@H]12)N3C(=O)OC(C)(C)C. The molecule has 2 saturated heterocycles. The van der Waals surface area contributed by atoms with Crippen LogP contribution in [0.4, 0.5) is 15.0 Å². The van der Waals surface area contributed by atoms with E-state index in [-0.39, 0.29) is 52.0 Å². The number of halogens is 2. The Morgan fingerprint density at radius 2 is 2.03 bits per heavy atom. The van der Waals surface area contributed by atoms with Crippen molar-refractivity contribution in [1.82, 2.24) is 19.9 Å². The summed E-state index contributed by atoms with van der Waals surface area (Å²) in [6.45, 7) is 7.97. The minimum Gasteiger partial charge on any atom is -0.471 e. The van der Waals surface area contributed by atoms with E-state index in [1.807, 2.05) is 32.6 Å². The summed E-state index contributed by atoms with van der Waals surface area (Å²) >= 11 is 6.08. The largest absolute Gasteiger partial charge is 0.471 e. The highest BCUT2D eigenvalue weighted by molar-refractivity contribution is 7.84. The number of amides is 1. The van der Waals surface area contributed by atoms with Crippen LogP contribution in [0.25, 0.3) is 10.9 Å². The van der Waals surface area contributed by atoms with Gasteiger partial charge >= 0.3 is 6.09 Å². The molecule has 0 saturated carbocycles. The van der Waals surface area contributed by atoms with Crippen LogP contribution in [0.2, 0.25) is 5.15 Å². The van der Waals surface area contributed by atoms with Crippen molar-refractivity contribution in [2.45, 2.75) is 81.9 Å². The van der Waals surface area contributed by atoms with Gasteiger partial charge in [-0.15, -0.1) is 0 Å². The first kappa shape index (κ1) is 23.5. The zero-order valence-electron chi connectivity index (χ0n) is 19.7. The molecule has 0 aromatic carbocycles. The summed E-state index contributed by atoms with van der Waals surface area (Å²) in [5.41, 5.74) is -0.687. The maximum atomic E-state index is 15.1. The van der Waals surface area contributed by atoms with Crippen molar-refractivity contribution in [3.63, 3.8) is 0 Å². The highest BCUT2D eigenvalue weighted by Gasteiger charge is 2.54. The van der Waals surface area contributed by atoms with Crippen molar-refractivity contribution in [1.29, 1.82) is 0 Å². The molecule has 12 heteroatoms. The van der Waals surface area contributed by atoms with E-state index in [2.05, 4.69) is 19.9 Å². The molecule has 34 heavy (non-hydrogen) atoms. The van der Waals surface area contributed by atoms with Crippen LogP contribution in [0.3, 0.4) is 0 Å². The zero-order chi connectivity index (χ0) is 24.5. The number of ether oxygens (including phenoxy) is 2. The van der Waals surface area contributed by atoms with Gasteiger partial charge < -0.3 is 14.4 Å². The van der Waals surface area contributed by atoms with Gasteiger partial charge in [0.2, 0.25) is 11.0 Å². The van der Waals surface area contributed by atoms with Gasteiger partial charge in [-0.2, -0.15) is 4.98 Å². The number of nitrogens with zero attached hydrogens (tertiary/aromatic N) is 5. The molecular formula is C22H27ClFN5O4S. The van der Waals surface area contributed by atoms with Crippen LogP contribution >= 0.6 is 11.6 Å². The molecule has 3 aliphatic heterocycles. The quantitative estimate of drug-likeness (QED) is 0.445. The first-order valence-electron chi connectivity index (χ1n) is 11.3. The van der Waals surface area contributed by atoms with Crippen molar-refractivity contribution < 1.29 is 22.9 Å². The van der Waals surface area contributed by atoms with E-state index < -0.39 is 22.2 Å². The number of piperazine rings is 1. The first-order valence-corrected chi connectivity index (χ1v) is 13.3. The monoisotopic (exact) mass is 511 g/mol. The first-order chi connectivity index (χ1) is 16.0. The summed E-state index contributed by atoms with van der Waals surface area (Å²) in [6.07, 6.45) is 2.89. The normalized spacial score (nSPS) is 26.7. The van der Waals surface area contributed by atoms with Crippen LogP contribution in [0, 0.1) is 5.82 Å². The van der Waals surface area contributed by atoms with Crippen molar-refractivity contribution >= 4 is 45.2 Å². The van der Waals surface area contributed by atoms with Gasteiger partial charge in [0.15, 0.2) is 11.0 Å². The summed E-state index contributed by atoms with van der Waals surface area (Å²) in [5, 5.41) is -0.0565. The summed E-state index contributed by atoms with van der Waals surface area (Å²) in [4.78, 5) is 30.0. The summed E-state index contributed by atoms with van der Waals surface area (Å²) in [6, 6.07) is -0.599. The molecule has 5 heterocycles. The predicted molar refractivity (Wildman–Crippen MR) is 125 cm³/mol. The highest BCUT2D eigenvalue weighted by atomic mass is 35.5. The van der Waals surface area contributed by atoms with Gasteiger partial charge in [-0.05, 0) is 40.0 Å². The maximum Gasteiger partial charge on any atom is 0.410 e. The number of anilines is 1. The summed E-state index contributed by atoms with van der Waals surface area (Å²) < 4.78 is 39.4. The molecule has 0 radical (unpaired) electrons. The fourth-order valence-corrected chi connectivity index (χ4v) is 5.90. The van der Waals surface area contributed by atoms with Crippen LogP contribution < -0.4 is 9.64 Å². The molecule has 0 N–H and O–H groups in total. The molecule has 5 atom stereocenters. The van der Waals surface area contributed by atoms with E-state index in [0.29, 0.717) is 24.2 Å². The topological polar surface area (TPSA) is 97.7 Å². The van der Waals surface area contributed by atoms with Crippen LogP contribution in [-0.2, 0) is 15.5 Å². The molecule has 5 rings (SSSR count). The third-order valence-corrected chi connectivity index (χ3v) is 7.51. The van der Waals surface area contributed by atoms with E-state index in [1.54, 1.807) is 0 Å². The molecule has 2 bridgehead atoms. The number of fused-ring (bicyclic) bond motifs is 5. The Hall–Kier alpha value is -2.27. The average molecular weight is 512 g/mol. The van der Waals surface area contributed by atoms with Gasteiger partial charge in [0.1, 0.15) is 28.4 Å². The molecular weight excluding hydrogens is 485 g/mol. The Kier molecular flexibility index (Phi) is 5.63. The lowest BCUT2D eigenvalue weighted by atomic mass is 9.95. The standard InChI is InChI=1S/C22H27ClFN5O4S/c1-6-12-16-11-8-7-10(29(11)21(30)33-22(2,3)4)9-28(16)18-13-15(25-20(27-18)34(5)31)14(24)17(23)26-19(13)32-12/h10-12,16H,6-9H2,1-5H3/t10-,11+,12+,16+,34?/m1/s1. The minimum atomic E-state index is -1.55. The molecule has 9 nitrogen and oxygen atoms in total. The molecule has 0 spiro atoms. The number of hydrogen-bond acceptors (Lipinski definition) is 8. The van der Waals surface area contributed by atoms with Gasteiger partial charge in [-0.1, -0.05) is 18.5 Å². The van der Waals surface area contributed by atoms with Gasteiger partial charge in [-0.25, -0.2) is 19.2 Å². The smallest absolute Gasteiger partial charge is 0.410 e. The van der Waals surface area contributed by atoms with Gasteiger partial charge in [0, 0.05) is 12.8 Å². The van der Waals surface area contributed by atoms with E-state index in [9.17, 15) is 9.00 Å². The van der Waals surface area contributed by atoms with E-state index in [4.69, 9.17) is 21.1 Å². The van der Waals surface area contributed by atoms with Crippen molar-refractivity contribution in [2.75, 3.05) is 17.7 Å². The second-order valence-corrected chi connectivity index (χ2v) is 11.6. The number of carbonyl (C=O) groups is 1. The second kappa shape index (κ2) is 8.15. The Balaban J connectivity index is 1.68. The molecule has 0 aliphatic carbocycles. The number of aromatic nitrogens is 3. The maximum absolute atomic E-state index is 15.1. The van der Waals surface area contributed by atoms with Crippen molar-refractivity contribution in [3.8, 4) is 5.88 Å². The Morgan fingerprint density at radius 1 is 1.29 bits per heavy atom. The van der Waals surface area contributed by atoms with Gasteiger partial charge in [0.05, 0.1) is 28.9 Å². The van der Waals surface area contributed by atoms with Crippen molar-refractivity contribution in [2.24, 2.45) is 0 Å². The van der Waals surface area contributed by atoms with E-state index in [0.717, 1.165) is 12.8 Å². The molecule has 2 aromatic heterocycles. The highest BCUT2D eigenvalue weighted by Crippen LogP contribution is 2.46. The van der Waals surface area contributed by atoms with Gasteiger partial charge in [0.25, 0.3) is 0 Å². The molecule has 2 fully saturated rings. The molecule has 184 valence electrons. The Labute approximate surface area is 204 Å². The van der Waals surface area contributed by atoms with Crippen LogP contribution in [0.15, 0.2) is 5.16 Å². The molecule has 1 unspecified atom stereocenters. The second-order valence-electron chi connectivity index (χ2n) is 9.92. The molecule has 3 aliphatic rings. The Bertz CT molecular complexity index is 1210. The lowest BCUT2D eigenvalue weighted by molar-refractivity contribution is -0.000577. The fourth-order valence-electron chi connectivity index (χ4n) is 5.29. The number of hydrogen-bond donors (Lipinski definition) is 0. The predicted octanol–water partition coefficient (Wildman–Crippen LogP) is 3.68. The summed E-state index contributed by atoms with van der Waals surface area (Å²) in [5.74, 6) is -0.248. The molecule has 1 amide bonds. The minimum absolute atomic E-state index is 0.00485. The summed E-state index contributed by atoms with van der Waals surface area (Å²) in [7, 11) is -1.55. The van der Waals surface area contributed by atoms with Crippen LogP contribution in [0.5, 0.6) is 5.88 Å². The fraction of sp³-hybridized carbons (Fsp3) is 0.636. The molecule has 2 aromatic rings. The van der Waals surface area contributed by atoms with Crippen LogP contribution in [0.1, 0.15) is 47.0 Å². The third kappa shape index (κ3) is 3.67. The van der Waals surface area contributed by atoms with E-state index >= 15 is 4.39 Å². The average Bonchev–Trinajstić information content (AvgIpc) is 3.00. The van der Waals surface area contributed by atoms with Gasteiger partial charge in [-0.3, -0.25) is 9.11 Å². The number of rotatable bonds is 2. The number of pyridine rings is 1. The van der Waals surface area contributed by atoms with E-state index in [1.165, 1.54) is 6.26 Å². The lowest BCUT2D eigenvalue weighted by Gasteiger charge is -2.48.